The topological polar surface area (TPSA) is 96.9 Å². The Labute approximate surface area is 174 Å². The number of aromatic amines is 1. The maximum atomic E-state index is 12.8. The van der Waals surface area contributed by atoms with Crippen molar-refractivity contribution in [3.05, 3.63) is 81.8 Å². The molecule has 0 spiro atoms. The Morgan fingerprint density at radius 2 is 1.93 bits per heavy atom. The number of aromatic nitrogens is 3. The number of H-pyrrole nitrogens is 1. The normalized spacial score (nSPS) is 16.0. The summed E-state index contributed by atoms with van der Waals surface area (Å²) in [5.41, 5.74) is 2.20. The molecule has 1 aliphatic rings. The van der Waals surface area contributed by atoms with Crippen molar-refractivity contribution in [1.82, 2.24) is 19.9 Å². The Balaban J connectivity index is 1.53. The number of benzene rings is 1. The molecule has 1 unspecified atom stereocenters. The SMILES string of the molecule is CC(NC(=O)c1cc2c([nH]c1=O)CC(C)(C)CC2=O)c1ccc(-n2ccnc2)cc1. The second-order valence-corrected chi connectivity index (χ2v) is 8.60. The molecular weight excluding hydrogens is 380 g/mol. The molecule has 3 aromatic rings. The molecule has 0 radical (unpaired) electrons. The molecule has 4 rings (SSSR count). The number of rotatable bonds is 4. The highest BCUT2D eigenvalue weighted by Gasteiger charge is 2.32. The fraction of sp³-hybridized carbons (Fsp3) is 0.304. The van der Waals surface area contributed by atoms with E-state index in [9.17, 15) is 14.4 Å². The van der Waals surface area contributed by atoms with Crippen LogP contribution in [0.15, 0.2) is 53.8 Å². The second kappa shape index (κ2) is 7.40. The van der Waals surface area contributed by atoms with Crippen LogP contribution in [-0.4, -0.2) is 26.2 Å². The van der Waals surface area contributed by atoms with E-state index in [1.807, 2.05) is 55.8 Å². The van der Waals surface area contributed by atoms with Crippen LogP contribution in [0.25, 0.3) is 5.69 Å². The summed E-state index contributed by atoms with van der Waals surface area (Å²) in [6.45, 7) is 5.84. The molecule has 0 saturated carbocycles. The number of hydrogen-bond acceptors (Lipinski definition) is 4. The molecule has 1 atom stereocenters. The van der Waals surface area contributed by atoms with Gasteiger partial charge in [-0.05, 0) is 42.5 Å². The lowest BCUT2D eigenvalue weighted by Gasteiger charge is -2.29. The van der Waals surface area contributed by atoms with Gasteiger partial charge in [0, 0.05) is 35.8 Å². The van der Waals surface area contributed by atoms with Crippen LogP contribution in [0.3, 0.4) is 0 Å². The van der Waals surface area contributed by atoms with Gasteiger partial charge in [-0.2, -0.15) is 0 Å². The van der Waals surface area contributed by atoms with Crippen LogP contribution >= 0.6 is 0 Å². The minimum atomic E-state index is -0.497. The standard InChI is InChI=1S/C23H24N4O3/c1-14(15-4-6-16(7-5-15)27-9-8-24-13-27)25-21(29)18-10-17-19(26-22(18)30)11-23(2,3)12-20(17)28/h4-10,13-14H,11-12H2,1-3H3,(H,25,29)(H,26,30). The molecular formula is C23H24N4O3. The van der Waals surface area contributed by atoms with E-state index in [2.05, 4.69) is 15.3 Å². The number of nitrogens with zero attached hydrogens (tertiary/aromatic N) is 2. The number of imidazole rings is 1. The minimum Gasteiger partial charge on any atom is -0.345 e. The number of fused-ring (bicyclic) bond motifs is 1. The third-order valence-corrected chi connectivity index (χ3v) is 5.51. The van der Waals surface area contributed by atoms with E-state index in [1.54, 1.807) is 12.5 Å². The van der Waals surface area contributed by atoms with Crippen LogP contribution in [0.5, 0.6) is 0 Å². The second-order valence-electron chi connectivity index (χ2n) is 8.60. The van der Waals surface area contributed by atoms with Gasteiger partial charge in [-0.1, -0.05) is 26.0 Å². The fourth-order valence-corrected chi connectivity index (χ4v) is 3.90. The van der Waals surface area contributed by atoms with Crippen molar-refractivity contribution < 1.29 is 9.59 Å². The first-order chi connectivity index (χ1) is 14.2. The van der Waals surface area contributed by atoms with Gasteiger partial charge < -0.3 is 14.9 Å². The van der Waals surface area contributed by atoms with E-state index in [1.165, 1.54) is 6.07 Å². The van der Waals surface area contributed by atoms with Crippen molar-refractivity contribution in [3.8, 4) is 5.69 Å². The van der Waals surface area contributed by atoms with Crippen LogP contribution in [0, 0.1) is 5.41 Å². The first kappa shape index (κ1) is 19.8. The summed E-state index contributed by atoms with van der Waals surface area (Å²) in [5.74, 6) is -0.544. The lowest BCUT2D eigenvalue weighted by molar-refractivity contribution is 0.0910. The third-order valence-electron chi connectivity index (χ3n) is 5.51. The van der Waals surface area contributed by atoms with Crippen LogP contribution in [0.2, 0.25) is 0 Å². The zero-order chi connectivity index (χ0) is 21.5. The molecule has 7 heteroatoms. The van der Waals surface area contributed by atoms with E-state index >= 15 is 0 Å². The van der Waals surface area contributed by atoms with Gasteiger partial charge in [0.15, 0.2) is 5.78 Å². The molecule has 0 aliphatic heterocycles. The summed E-state index contributed by atoms with van der Waals surface area (Å²) < 4.78 is 1.89. The maximum Gasteiger partial charge on any atom is 0.261 e. The van der Waals surface area contributed by atoms with Gasteiger partial charge in [0.05, 0.1) is 12.4 Å². The van der Waals surface area contributed by atoms with Gasteiger partial charge >= 0.3 is 0 Å². The third kappa shape index (κ3) is 3.83. The molecule has 1 aliphatic carbocycles. The Morgan fingerprint density at radius 1 is 1.20 bits per heavy atom. The van der Waals surface area contributed by atoms with Crippen molar-refractivity contribution in [2.75, 3.05) is 0 Å². The number of nitrogens with one attached hydrogen (secondary N) is 2. The summed E-state index contributed by atoms with van der Waals surface area (Å²) in [6, 6.07) is 8.85. The molecule has 2 heterocycles. The van der Waals surface area contributed by atoms with Crippen LogP contribution in [0.1, 0.15) is 65.2 Å². The van der Waals surface area contributed by atoms with Gasteiger partial charge in [0.1, 0.15) is 5.56 Å². The number of hydrogen-bond donors (Lipinski definition) is 2. The Kier molecular flexibility index (Phi) is 4.89. The van der Waals surface area contributed by atoms with Gasteiger partial charge in [0.25, 0.3) is 11.5 Å². The summed E-state index contributed by atoms with van der Waals surface area (Å²) in [4.78, 5) is 44.6. The first-order valence-electron chi connectivity index (χ1n) is 9.92. The lowest BCUT2D eigenvalue weighted by atomic mass is 9.75. The van der Waals surface area contributed by atoms with Crippen molar-refractivity contribution in [1.29, 1.82) is 0 Å². The minimum absolute atomic E-state index is 0.0382. The highest BCUT2D eigenvalue weighted by atomic mass is 16.2. The van der Waals surface area contributed by atoms with E-state index in [-0.39, 0.29) is 22.8 Å². The van der Waals surface area contributed by atoms with Crippen LogP contribution < -0.4 is 10.9 Å². The Morgan fingerprint density at radius 3 is 2.60 bits per heavy atom. The van der Waals surface area contributed by atoms with E-state index in [0.29, 0.717) is 24.1 Å². The Bertz CT molecular complexity index is 1160. The van der Waals surface area contributed by atoms with Gasteiger partial charge in [-0.25, -0.2) is 4.98 Å². The van der Waals surface area contributed by atoms with E-state index in [0.717, 1.165) is 11.3 Å². The fourth-order valence-electron chi connectivity index (χ4n) is 3.90. The van der Waals surface area contributed by atoms with Crippen LogP contribution in [-0.2, 0) is 6.42 Å². The predicted molar refractivity (Wildman–Crippen MR) is 113 cm³/mol. The number of pyridine rings is 1. The number of carbonyl (C=O) groups is 2. The zero-order valence-electron chi connectivity index (χ0n) is 17.2. The first-order valence-corrected chi connectivity index (χ1v) is 9.92. The molecule has 0 saturated heterocycles. The molecule has 154 valence electrons. The summed E-state index contributed by atoms with van der Waals surface area (Å²) in [7, 11) is 0. The predicted octanol–water partition coefficient (Wildman–Crippen LogP) is 3.21. The van der Waals surface area contributed by atoms with E-state index < -0.39 is 11.5 Å². The molecule has 2 N–H and O–H groups in total. The molecule has 7 nitrogen and oxygen atoms in total. The average Bonchev–Trinajstić information content (AvgIpc) is 3.21. The summed E-state index contributed by atoms with van der Waals surface area (Å²) in [5, 5.41) is 2.86. The smallest absolute Gasteiger partial charge is 0.261 e. The maximum absolute atomic E-state index is 12.8. The van der Waals surface area contributed by atoms with Crippen LogP contribution in [0.4, 0.5) is 0 Å². The Hall–Kier alpha value is -3.48. The zero-order valence-corrected chi connectivity index (χ0v) is 17.2. The van der Waals surface area contributed by atoms with E-state index in [4.69, 9.17) is 0 Å². The quantitative estimate of drug-likeness (QED) is 0.698. The molecule has 1 aromatic carbocycles. The summed E-state index contributed by atoms with van der Waals surface area (Å²) >= 11 is 0. The van der Waals surface area contributed by atoms with Gasteiger partial charge in [0.2, 0.25) is 0 Å². The molecule has 0 bridgehead atoms. The molecule has 30 heavy (non-hydrogen) atoms. The van der Waals surface area contributed by atoms with Crippen molar-refractivity contribution in [3.63, 3.8) is 0 Å². The van der Waals surface area contributed by atoms with Gasteiger partial charge in [-0.3, -0.25) is 14.4 Å². The van der Waals surface area contributed by atoms with Crippen molar-refractivity contribution >= 4 is 11.7 Å². The highest BCUT2D eigenvalue weighted by Crippen LogP contribution is 2.33. The average molecular weight is 404 g/mol. The largest absolute Gasteiger partial charge is 0.345 e. The van der Waals surface area contributed by atoms with Crippen molar-refractivity contribution in [2.24, 2.45) is 5.41 Å². The van der Waals surface area contributed by atoms with Crippen molar-refractivity contribution in [2.45, 2.75) is 39.7 Å². The molecule has 1 amide bonds. The monoisotopic (exact) mass is 404 g/mol. The summed E-state index contributed by atoms with van der Waals surface area (Å²) in [6.07, 6.45) is 6.27. The number of ketones is 1. The van der Waals surface area contributed by atoms with Gasteiger partial charge in [-0.15, -0.1) is 0 Å². The number of Topliss-reactive ketones (excluding diaryl/α,β-unsaturated/α-hetero) is 1. The number of carbonyl (C=O) groups excluding carboxylic acids is 2. The number of amides is 1. The molecule has 2 aromatic heterocycles. The lowest BCUT2D eigenvalue weighted by Crippen LogP contribution is -2.35. The highest BCUT2D eigenvalue weighted by molar-refractivity contribution is 6.02. The molecule has 0 fully saturated rings.